The Kier molecular flexibility index (Phi) is 5.18. The first kappa shape index (κ1) is 18.1. The number of hydrogen-bond donors (Lipinski definition) is 0. The third-order valence-electron chi connectivity index (χ3n) is 4.54. The van der Waals surface area contributed by atoms with Crippen LogP contribution in [0.5, 0.6) is 0 Å². The lowest BCUT2D eigenvalue weighted by Gasteiger charge is -2.34. The molecule has 1 fully saturated rings. The summed E-state index contributed by atoms with van der Waals surface area (Å²) < 4.78 is 11.4. The van der Waals surface area contributed by atoms with E-state index in [9.17, 15) is 9.00 Å². The fourth-order valence-corrected chi connectivity index (χ4v) is 4.82. The monoisotopic (exact) mass is 400 g/mol. The van der Waals surface area contributed by atoms with Gasteiger partial charge in [-0.15, -0.1) is 0 Å². The maximum Gasteiger partial charge on any atom is 0.253 e. The van der Waals surface area contributed by atoms with E-state index in [0.29, 0.717) is 24.4 Å². The summed E-state index contributed by atoms with van der Waals surface area (Å²) in [6.07, 6.45) is 3.45. The Morgan fingerprint density at radius 3 is 2.74 bits per heavy atom. The van der Waals surface area contributed by atoms with Crippen molar-refractivity contribution in [3.05, 3.63) is 53.7 Å². The van der Waals surface area contributed by atoms with Crippen LogP contribution in [0.1, 0.15) is 15.9 Å². The minimum absolute atomic E-state index is 0.0318. The molecular formula is C19H20N4O2S2. The van der Waals surface area contributed by atoms with E-state index in [0.717, 1.165) is 34.1 Å². The van der Waals surface area contributed by atoms with Crippen molar-refractivity contribution in [2.45, 2.75) is 5.75 Å². The topological polar surface area (TPSA) is 66.4 Å². The van der Waals surface area contributed by atoms with E-state index >= 15 is 0 Å². The first-order chi connectivity index (χ1) is 13.1. The Hall–Kier alpha value is -2.32. The molecule has 1 aliphatic rings. The van der Waals surface area contributed by atoms with E-state index < -0.39 is 10.8 Å². The molecule has 2 aromatic heterocycles. The van der Waals surface area contributed by atoms with E-state index in [2.05, 4.69) is 14.9 Å². The lowest BCUT2D eigenvalue weighted by Crippen LogP contribution is -2.48. The second kappa shape index (κ2) is 7.74. The van der Waals surface area contributed by atoms with Gasteiger partial charge in [-0.2, -0.15) is 0 Å². The van der Waals surface area contributed by atoms with Gasteiger partial charge < -0.3 is 9.80 Å². The first-order valence-electron chi connectivity index (χ1n) is 8.75. The Morgan fingerprint density at radius 2 is 2.00 bits per heavy atom. The zero-order valence-electron chi connectivity index (χ0n) is 15.0. The van der Waals surface area contributed by atoms with Gasteiger partial charge in [0.1, 0.15) is 10.3 Å². The number of rotatable bonds is 4. The lowest BCUT2D eigenvalue weighted by molar-refractivity contribution is 0.0746. The predicted molar refractivity (Wildman–Crippen MR) is 110 cm³/mol. The number of carbonyl (C=O) groups is 1. The molecule has 1 amide bonds. The van der Waals surface area contributed by atoms with E-state index in [4.69, 9.17) is 0 Å². The van der Waals surface area contributed by atoms with Crippen molar-refractivity contribution in [2.24, 2.45) is 0 Å². The van der Waals surface area contributed by atoms with Gasteiger partial charge in [0, 0.05) is 60.7 Å². The molecule has 0 radical (unpaired) electrons. The highest BCUT2D eigenvalue weighted by atomic mass is 32.2. The number of piperazine rings is 1. The maximum absolute atomic E-state index is 12.8. The van der Waals surface area contributed by atoms with Gasteiger partial charge in [-0.1, -0.05) is 23.5 Å². The van der Waals surface area contributed by atoms with Crippen LogP contribution in [0.2, 0.25) is 0 Å². The molecule has 0 spiro atoms. The van der Waals surface area contributed by atoms with Crippen LogP contribution in [0.4, 0.5) is 5.13 Å². The van der Waals surface area contributed by atoms with Crippen LogP contribution in [0.15, 0.2) is 42.6 Å². The molecule has 0 aliphatic carbocycles. The molecule has 140 valence electrons. The van der Waals surface area contributed by atoms with Crippen LogP contribution in [0.3, 0.4) is 0 Å². The lowest BCUT2D eigenvalue weighted by atomic mass is 10.1. The van der Waals surface area contributed by atoms with Crippen molar-refractivity contribution in [3.63, 3.8) is 0 Å². The molecule has 6 nitrogen and oxygen atoms in total. The normalized spacial score (nSPS) is 15.9. The van der Waals surface area contributed by atoms with Gasteiger partial charge in [-0.25, -0.2) is 9.97 Å². The minimum Gasteiger partial charge on any atom is -0.344 e. The number of carbonyl (C=O) groups excluding carboxylic acids is 1. The summed E-state index contributed by atoms with van der Waals surface area (Å²) in [5.74, 6) is 0.505. The molecule has 27 heavy (non-hydrogen) atoms. The summed E-state index contributed by atoms with van der Waals surface area (Å²) in [4.78, 5) is 26.9. The number of fused-ring (bicyclic) bond motifs is 1. The number of aromatic nitrogens is 2. The Bertz CT molecular complexity index is 963. The van der Waals surface area contributed by atoms with Crippen LogP contribution in [0.25, 0.3) is 10.3 Å². The minimum atomic E-state index is -0.918. The number of amides is 1. The Labute approximate surface area is 164 Å². The van der Waals surface area contributed by atoms with Crippen LogP contribution < -0.4 is 4.90 Å². The molecule has 1 aromatic carbocycles. The zero-order chi connectivity index (χ0) is 18.8. The smallest absolute Gasteiger partial charge is 0.253 e. The third kappa shape index (κ3) is 4.01. The van der Waals surface area contributed by atoms with Gasteiger partial charge in [-0.05, 0) is 29.8 Å². The number of hydrogen-bond acceptors (Lipinski definition) is 6. The van der Waals surface area contributed by atoms with Gasteiger partial charge in [0.25, 0.3) is 5.91 Å². The van der Waals surface area contributed by atoms with Crippen molar-refractivity contribution in [1.82, 2.24) is 14.9 Å². The number of anilines is 1. The summed E-state index contributed by atoms with van der Waals surface area (Å²) in [6, 6.07) is 11.3. The van der Waals surface area contributed by atoms with Gasteiger partial charge in [0.15, 0.2) is 5.13 Å². The van der Waals surface area contributed by atoms with Crippen molar-refractivity contribution in [1.29, 1.82) is 0 Å². The van der Waals surface area contributed by atoms with Gasteiger partial charge >= 0.3 is 0 Å². The maximum atomic E-state index is 12.8. The average Bonchev–Trinajstić information content (AvgIpc) is 3.11. The van der Waals surface area contributed by atoms with Gasteiger partial charge in [0.2, 0.25) is 0 Å². The molecule has 3 aromatic rings. The largest absolute Gasteiger partial charge is 0.344 e. The van der Waals surface area contributed by atoms with Crippen molar-refractivity contribution < 1.29 is 9.00 Å². The fraction of sp³-hybridized carbons (Fsp3) is 0.316. The molecule has 3 heterocycles. The second-order valence-electron chi connectivity index (χ2n) is 6.52. The second-order valence-corrected chi connectivity index (χ2v) is 8.91. The SMILES string of the molecule is CS(=O)Cc1cccc(C(=O)N2CCN(c3nc4cccnc4s3)CC2)c1. The number of pyridine rings is 1. The fourth-order valence-electron chi connectivity index (χ4n) is 3.21. The highest BCUT2D eigenvalue weighted by molar-refractivity contribution is 7.83. The predicted octanol–water partition coefficient (Wildman–Crippen LogP) is 2.53. The van der Waals surface area contributed by atoms with Crippen LogP contribution >= 0.6 is 11.3 Å². The Morgan fingerprint density at radius 1 is 1.19 bits per heavy atom. The molecule has 8 heteroatoms. The van der Waals surface area contributed by atoms with E-state index in [-0.39, 0.29) is 5.91 Å². The van der Waals surface area contributed by atoms with Crippen molar-refractivity contribution in [2.75, 3.05) is 37.3 Å². The zero-order valence-corrected chi connectivity index (χ0v) is 16.6. The molecule has 1 atom stereocenters. The highest BCUT2D eigenvalue weighted by Crippen LogP contribution is 2.27. The molecule has 4 rings (SSSR count). The third-order valence-corrected chi connectivity index (χ3v) is 6.32. The van der Waals surface area contributed by atoms with Crippen molar-refractivity contribution in [3.8, 4) is 0 Å². The molecule has 0 N–H and O–H groups in total. The summed E-state index contributed by atoms with van der Waals surface area (Å²) >= 11 is 1.59. The number of thiazole rings is 1. The standard InChI is InChI=1S/C19H20N4O2S2/c1-27(25)13-14-4-2-5-15(12-14)18(24)22-8-10-23(11-9-22)19-21-16-6-3-7-20-17(16)26-19/h2-7,12H,8-11,13H2,1H3. The molecule has 1 aliphatic heterocycles. The van der Waals surface area contributed by atoms with Crippen LogP contribution in [-0.4, -0.2) is 57.4 Å². The Balaban J connectivity index is 1.42. The quantitative estimate of drug-likeness (QED) is 0.673. The molecule has 0 saturated carbocycles. The summed E-state index contributed by atoms with van der Waals surface area (Å²) in [5.41, 5.74) is 2.51. The summed E-state index contributed by atoms with van der Waals surface area (Å²) in [7, 11) is -0.918. The van der Waals surface area contributed by atoms with Gasteiger partial charge in [0.05, 0.1) is 0 Å². The van der Waals surface area contributed by atoms with Crippen LogP contribution in [0, 0.1) is 0 Å². The highest BCUT2D eigenvalue weighted by Gasteiger charge is 2.24. The van der Waals surface area contributed by atoms with E-state index in [1.165, 1.54) is 0 Å². The molecule has 0 bridgehead atoms. The summed E-state index contributed by atoms with van der Waals surface area (Å²) in [6.45, 7) is 2.83. The van der Waals surface area contributed by atoms with E-state index in [1.54, 1.807) is 23.8 Å². The van der Waals surface area contributed by atoms with Crippen molar-refractivity contribution >= 4 is 43.5 Å². The average molecular weight is 401 g/mol. The molecule has 1 saturated heterocycles. The van der Waals surface area contributed by atoms with Crippen LogP contribution in [-0.2, 0) is 16.6 Å². The summed E-state index contributed by atoms with van der Waals surface area (Å²) in [5, 5.41) is 0.961. The van der Waals surface area contributed by atoms with E-state index in [1.807, 2.05) is 41.3 Å². The first-order valence-corrected chi connectivity index (χ1v) is 11.3. The number of benzene rings is 1. The molecular weight excluding hydrogens is 380 g/mol. The number of nitrogens with zero attached hydrogens (tertiary/aromatic N) is 4. The molecule has 1 unspecified atom stereocenters. The van der Waals surface area contributed by atoms with Gasteiger partial charge in [-0.3, -0.25) is 9.00 Å².